The molecule has 5 N–H and O–H groups in total. The van der Waals surface area contributed by atoms with E-state index in [9.17, 15) is 9.90 Å². The third-order valence-corrected chi connectivity index (χ3v) is 4.01. The zero-order valence-electron chi connectivity index (χ0n) is 11.5. The van der Waals surface area contributed by atoms with Crippen molar-refractivity contribution in [3.05, 3.63) is 16.7 Å². The molecular formula is C13H22N4O2. The van der Waals surface area contributed by atoms with E-state index >= 15 is 0 Å². The second-order valence-electron chi connectivity index (χ2n) is 6.24. The number of aliphatic hydroxyl groups is 1. The third-order valence-electron chi connectivity index (χ3n) is 4.01. The SMILES string of the molecule is CC1(C)CCC(O)(CNc2nc[nH]c(=O)c2N)CC1. The summed E-state index contributed by atoms with van der Waals surface area (Å²) in [6.45, 7) is 4.80. The van der Waals surface area contributed by atoms with Gasteiger partial charge in [0.05, 0.1) is 11.9 Å². The summed E-state index contributed by atoms with van der Waals surface area (Å²) in [7, 11) is 0. The van der Waals surface area contributed by atoms with Crippen molar-refractivity contribution in [2.45, 2.75) is 45.1 Å². The van der Waals surface area contributed by atoms with Crippen LogP contribution in [0.1, 0.15) is 39.5 Å². The average molecular weight is 266 g/mol. The second kappa shape index (κ2) is 4.85. The summed E-state index contributed by atoms with van der Waals surface area (Å²) in [6, 6.07) is 0. The number of anilines is 2. The molecule has 2 rings (SSSR count). The predicted octanol–water partition coefficient (Wildman–Crippen LogP) is 1.10. The molecule has 6 heteroatoms. The first-order valence-electron chi connectivity index (χ1n) is 6.61. The number of aromatic nitrogens is 2. The van der Waals surface area contributed by atoms with Gasteiger partial charge in [-0.05, 0) is 31.1 Å². The lowest BCUT2D eigenvalue weighted by molar-refractivity contribution is -0.0145. The highest BCUT2D eigenvalue weighted by Crippen LogP contribution is 2.40. The highest BCUT2D eigenvalue weighted by Gasteiger charge is 2.36. The van der Waals surface area contributed by atoms with E-state index in [2.05, 4.69) is 29.1 Å². The normalized spacial score (nSPS) is 21.0. The molecule has 0 radical (unpaired) electrons. The highest BCUT2D eigenvalue weighted by atomic mass is 16.3. The molecule has 1 heterocycles. The van der Waals surface area contributed by atoms with Gasteiger partial charge < -0.3 is 21.1 Å². The van der Waals surface area contributed by atoms with Crippen LogP contribution in [0, 0.1) is 5.41 Å². The quantitative estimate of drug-likeness (QED) is 0.655. The topological polar surface area (TPSA) is 104 Å². The summed E-state index contributed by atoms with van der Waals surface area (Å²) in [4.78, 5) is 17.7. The molecule has 0 saturated heterocycles. The van der Waals surface area contributed by atoms with Crippen molar-refractivity contribution >= 4 is 11.5 Å². The molecule has 6 nitrogen and oxygen atoms in total. The fourth-order valence-corrected chi connectivity index (χ4v) is 2.37. The van der Waals surface area contributed by atoms with Gasteiger partial charge >= 0.3 is 0 Å². The molecule has 1 aliphatic carbocycles. The monoisotopic (exact) mass is 266 g/mol. The maximum Gasteiger partial charge on any atom is 0.276 e. The molecule has 1 aromatic rings. The Morgan fingerprint density at radius 1 is 1.42 bits per heavy atom. The standard InChI is InChI=1S/C13H22N4O2/c1-12(2)3-5-13(19,6-4-12)7-15-10-9(14)11(18)17-8-16-10/h8,19H,3-7,14H2,1-2H3,(H2,15,16,17,18). The summed E-state index contributed by atoms with van der Waals surface area (Å²) < 4.78 is 0. The van der Waals surface area contributed by atoms with Crippen molar-refractivity contribution in [3.63, 3.8) is 0 Å². The van der Waals surface area contributed by atoms with Crippen molar-refractivity contribution in [1.82, 2.24) is 9.97 Å². The van der Waals surface area contributed by atoms with Crippen LogP contribution in [0.4, 0.5) is 11.5 Å². The van der Waals surface area contributed by atoms with Crippen LogP contribution >= 0.6 is 0 Å². The molecule has 1 aliphatic rings. The van der Waals surface area contributed by atoms with Crippen LogP contribution in [-0.4, -0.2) is 27.2 Å². The van der Waals surface area contributed by atoms with E-state index < -0.39 is 5.60 Å². The summed E-state index contributed by atoms with van der Waals surface area (Å²) in [6.07, 6.45) is 4.77. The van der Waals surface area contributed by atoms with Crippen molar-refractivity contribution in [1.29, 1.82) is 0 Å². The minimum absolute atomic E-state index is 0.0576. The van der Waals surface area contributed by atoms with Gasteiger partial charge in [-0.15, -0.1) is 0 Å². The van der Waals surface area contributed by atoms with Crippen LogP contribution in [0.15, 0.2) is 11.1 Å². The molecule has 0 aromatic carbocycles. The lowest BCUT2D eigenvalue weighted by atomic mass is 9.71. The van der Waals surface area contributed by atoms with Crippen LogP contribution in [-0.2, 0) is 0 Å². The molecule has 0 unspecified atom stereocenters. The fourth-order valence-electron chi connectivity index (χ4n) is 2.37. The van der Waals surface area contributed by atoms with Crippen molar-refractivity contribution in [2.75, 3.05) is 17.6 Å². The lowest BCUT2D eigenvalue weighted by Crippen LogP contribution is -2.42. The number of rotatable bonds is 3. The van der Waals surface area contributed by atoms with Crippen LogP contribution in [0.5, 0.6) is 0 Å². The largest absolute Gasteiger partial charge is 0.391 e. The van der Waals surface area contributed by atoms with Crippen LogP contribution in [0.2, 0.25) is 0 Å². The number of nitrogen functional groups attached to an aromatic ring is 1. The number of H-pyrrole nitrogens is 1. The predicted molar refractivity (Wildman–Crippen MR) is 75.0 cm³/mol. The van der Waals surface area contributed by atoms with Gasteiger partial charge in [-0.1, -0.05) is 13.8 Å². The molecule has 0 bridgehead atoms. The number of aromatic amines is 1. The molecular weight excluding hydrogens is 244 g/mol. The molecule has 0 atom stereocenters. The number of hydrogen-bond acceptors (Lipinski definition) is 5. The van der Waals surface area contributed by atoms with Crippen molar-refractivity contribution < 1.29 is 5.11 Å². The van der Waals surface area contributed by atoms with Gasteiger partial charge in [0.15, 0.2) is 5.82 Å². The highest BCUT2D eigenvalue weighted by molar-refractivity contribution is 5.58. The summed E-state index contributed by atoms with van der Waals surface area (Å²) >= 11 is 0. The Morgan fingerprint density at radius 3 is 2.68 bits per heavy atom. The van der Waals surface area contributed by atoms with Crippen molar-refractivity contribution in [2.24, 2.45) is 5.41 Å². The lowest BCUT2D eigenvalue weighted by Gasteiger charge is -2.40. The Bertz CT molecular complexity index is 500. The maximum absolute atomic E-state index is 11.3. The Hall–Kier alpha value is -1.56. The van der Waals surface area contributed by atoms with Crippen molar-refractivity contribution in [3.8, 4) is 0 Å². The Morgan fingerprint density at radius 2 is 2.05 bits per heavy atom. The van der Waals surface area contributed by atoms with E-state index in [1.165, 1.54) is 6.33 Å². The van der Waals surface area contributed by atoms with Gasteiger partial charge in [-0.2, -0.15) is 0 Å². The Balaban J connectivity index is 1.99. The van der Waals surface area contributed by atoms with Gasteiger partial charge in [-0.3, -0.25) is 4.79 Å². The van der Waals surface area contributed by atoms with Gasteiger partial charge in [0.1, 0.15) is 5.69 Å². The second-order valence-corrected chi connectivity index (χ2v) is 6.24. The minimum Gasteiger partial charge on any atom is -0.391 e. The molecule has 19 heavy (non-hydrogen) atoms. The molecule has 1 aromatic heterocycles. The van der Waals surface area contributed by atoms with Gasteiger partial charge in [0.25, 0.3) is 5.56 Å². The fraction of sp³-hybridized carbons (Fsp3) is 0.692. The Kier molecular flexibility index (Phi) is 3.54. The van der Waals surface area contributed by atoms with Gasteiger partial charge in [0, 0.05) is 6.54 Å². The Labute approximate surface area is 112 Å². The van der Waals surface area contributed by atoms with Gasteiger partial charge in [-0.25, -0.2) is 4.98 Å². The maximum atomic E-state index is 11.3. The molecule has 0 aliphatic heterocycles. The summed E-state index contributed by atoms with van der Waals surface area (Å²) in [5, 5.41) is 13.5. The van der Waals surface area contributed by atoms with E-state index in [0.29, 0.717) is 17.8 Å². The summed E-state index contributed by atoms with van der Waals surface area (Å²) in [5.41, 5.74) is 4.88. The van der Waals surface area contributed by atoms with E-state index in [0.717, 1.165) is 25.7 Å². The minimum atomic E-state index is -0.744. The van der Waals surface area contributed by atoms with Crippen LogP contribution < -0.4 is 16.6 Å². The van der Waals surface area contributed by atoms with E-state index in [1.54, 1.807) is 0 Å². The number of hydrogen-bond donors (Lipinski definition) is 4. The first kappa shape index (κ1) is 13.9. The van der Waals surface area contributed by atoms with Crippen LogP contribution in [0.3, 0.4) is 0 Å². The third kappa shape index (κ3) is 3.26. The van der Waals surface area contributed by atoms with E-state index in [1.807, 2.05) is 0 Å². The molecule has 0 amide bonds. The average Bonchev–Trinajstić information content (AvgIpc) is 2.36. The molecule has 1 fully saturated rings. The number of nitrogens with zero attached hydrogens (tertiary/aromatic N) is 1. The zero-order chi connectivity index (χ0) is 14.1. The van der Waals surface area contributed by atoms with E-state index in [4.69, 9.17) is 5.73 Å². The summed E-state index contributed by atoms with van der Waals surface area (Å²) in [5.74, 6) is 0.335. The first-order valence-corrected chi connectivity index (χ1v) is 6.61. The zero-order valence-corrected chi connectivity index (χ0v) is 11.5. The smallest absolute Gasteiger partial charge is 0.276 e. The van der Waals surface area contributed by atoms with Crippen LogP contribution in [0.25, 0.3) is 0 Å². The number of nitrogens with one attached hydrogen (secondary N) is 2. The first-order chi connectivity index (χ1) is 8.81. The van der Waals surface area contributed by atoms with Gasteiger partial charge in [0.2, 0.25) is 0 Å². The van der Waals surface area contributed by atoms with E-state index in [-0.39, 0.29) is 11.2 Å². The number of nitrogens with two attached hydrogens (primary N) is 1. The molecule has 0 spiro atoms. The molecule has 106 valence electrons. The molecule has 1 saturated carbocycles.